The number of likely N-dealkylation sites (N-methyl/N-ethyl adjacent to an activating group) is 1. The van der Waals surface area contributed by atoms with E-state index < -0.39 is 0 Å². The molecule has 4 nitrogen and oxygen atoms in total. The van der Waals surface area contributed by atoms with Gasteiger partial charge in [-0.25, -0.2) is 5.06 Å². The van der Waals surface area contributed by atoms with Crippen molar-refractivity contribution in [3.63, 3.8) is 0 Å². The second-order valence-corrected chi connectivity index (χ2v) is 3.44. The van der Waals surface area contributed by atoms with Gasteiger partial charge >= 0.3 is 0 Å². The molecule has 1 amide bonds. The van der Waals surface area contributed by atoms with Crippen molar-refractivity contribution in [1.82, 2.24) is 10.4 Å². The summed E-state index contributed by atoms with van der Waals surface area (Å²) in [6.07, 6.45) is 4.96. The molecule has 0 spiro atoms. The Kier molecular flexibility index (Phi) is 4.18. The van der Waals surface area contributed by atoms with Crippen LogP contribution >= 0.6 is 0 Å². The summed E-state index contributed by atoms with van der Waals surface area (Å²) in [6.45, 7) is 0.384. The van der Waals surface area contributed by atoms with E-state index in [1.54, 1.807) is 7.05 Å². The SMILES string of the molecule is CON(C)C(=O)CNC1CCCC1. The predicted molar refractivity (Wildman–Crippen MR) is 50.0 cm³/mol. The lowest BCUT2D eigenvalue weighted by atomic mass is 10.2. The molecule has 76 valence electrons. The Balaban J connectivity index is 2.13. The van der Waals surface area contributed by atoms with Gasteiger partial charge in [0.05, 0.1) is 13.7 Å². The van der Waals surface area contributed by atoms with Crippen LogP contribution in [0.15, 0.2) is 0 Å². The van der Waals surface area contributed by atoms with Gasteiger partial charge in [0.25, 0.3) is 5.91 Å². The van der Waals surface area contributed by atoms with Gasteiger partial charge in [0.2, 0.25) is 0 Å². The normalized spacial score (nSPS) is 17.7. The Bertz CT molecular complexity index is 167. The minimum atomic E-state index is -0.0191. The van der Waals surface area contributed by atoms with Crippen molar-refractivity contribution in [3.8, 4) is 0 Å². The molecule has 0 bridgehead atoms. The first kappa shape index (κ1) is 10.5. The van der Waals surface area contributed by atoms with Crippen molar-refractivity contribution >= 4 is 5.91 Å². The number of amides is 1. The van der Waals surface area contributed by atoms with Crippen LogP contribution in [0.4, 0.5) is 0 Å². The molecule has 1 N–H and O–H groups in total. The highest BCUT2D eigenvalue weighted by Gasteiger charge is 2.16. The van der Waals surface area contributed by atoms with Gasteiger partial charge in [-0.2, -0.15) is 0 Å². The molecule has 1 rings (SSSR count). The molecule has 0 unspecified atom stereocenters. The summed E-state index contributed by atoms with van der Waals surface area (Å²) in [5.41, 5.74) is 0. The van der Waals surface area contributed by atoms with E-state index >= 15 is 0 Å². The van der Waals surface area contributed by atoms with Crippen molar-refractivity contribution in [3.05, 3.63) is 0 Å². The number of hydroxylamine groups is 2. The minimum absolute atomic E-state index is 0.0191. The third-order valence-corrected chi connectivity index (χ3v) is 2.52. The largest absolute Gasteiger partial charge is 0.306 e. The van der Waals surface area contributed by atoms with E-state index in [1.807, 2.05) is 0 Å². The molecular weight excluding hydrogens is 168 g/mol. The van der Waals surface area contributed by atoms with Gasteiger partial charge in [-0.1, -0.05) is 12.8 Å². The molecule has 0 aromatic heterocycles. The lowest BCUT2D eigenvalue weighted by molar-refractivity contribution is -0.167. The summed E-state index contributed by atoms with van der Waals surface area (Å²) >= 11 is 0. The lowest BCUT2D eigenvalue weighted by Gasteiger charge is -2.16. The van der Waals surface area contributed by atoms with Gasteiger partial charge in [0, 0.05) is 13.1 Å². The van der Waals surface area contributed by atoms with Crippen LogP contribution in [0.3, 0.4) is 0 Å². The Morgan fingerprint density at radius 2 is 2.15 bits per heavy atom. The van der Waals surface area contributed by atoms with Crippen LogP contribution in [-0.2, 0) is 9.63 Å². The highest BCUT2D eigenvalue weighted by atomic mass is 16.7. The van der Waals surface area contributed by atoms with E-state index in [4.69, 9.17) is 4.84 Å². The first-order valence-electron chi connectivity index (χ1n) is 4.78. The number of nitrogens with zero attached hydrogens (tertiary/aromatic N) is 1. The van der Waals surface area contributed by atoms with Crippen LogP contribution in [0.25, 0.3) is 0 Å². The number of rotatable bonds is 4. The minimum Gasteiger partial charge on any atom is -0.306 e. The van der Waals surface area contributed by atoms with Crippen molar-refractivity contribution < 1.29 is 9.63 Å². The van der Waals surface area contributed by atoms with Crippen molar-refractivity contribution in [2.24, 2.45) is 0 Å². The predicted octanol–water partition coefficient (Wildman–Crippen LogP) is 0.538. The fourth-order valence-electron chi connectivity index (χ4n) is 1.57. The van der Waals surface area contributed by atoms with Gasteiger partial charge in [-0.3, -0.25) is 9.63 Å². The molecule has 13 heavy (non-hydrogen) atoms. The molecule has 0 atom stereocenters. The van der Waals surface area contributed by atoms with Crippen molar-refractivity contribution in [1.29, 1.82) is 0 Å². The molecule has 4 heteroatoms. The second kappa shape index (κ2) is 5.19. The van der Waals surface area contributed by atoms with E-state index in [0.717, 1.165) is 0 Å². The first-order valence-corrected chi connectivity index (χ1v) is 4.78. The summed E-state index contributed by atoms with van der Waals surface area (Å²) in [4.78, 5) is 16.0. The van der Waals surface area contributed by atoms with Crippen LogP contribution in [0.5, 0.6) is 0 Å². The number of hydrogen-bond acceptors (Lipinski definition) is 3. The lowest BCUT2D eigenvalue weighted by Crippen LogP contribution is -2.38. The standard InChI is InChI=1S/C9H18N2O2/c1-11(13-2)9(12)7-10-8-5-3-4-6-8/h8,10H,3-7H2,1-2H3. The Morgan fingerprint density at radius 3 is 2.69 bits per heavy atom. The molecule has 0 radical (unpaired) electrons. The Morgan fingerprint density at radius 1 is 1.54 bits per heavy atom. The average Bonchev–Trinajstić information content (AvgIpc) is 2.65. The summed E-state index contributed by atoms with van der Waals surface area (Å²) in [7, 11) is 3.12. The Hall–Kier alpha value is -0.610. The number of nitrogens with one attached hydrogen (secondary N) is 1. The summed E-state index contributed by atoms with van der Waals surface area (Å²) < 4.78 is 0. The van der Waals surface area contributed by atoms with Crippen LogP contribution in [0, 0.1) is 0 Å². The second-order valence-electron chi connectivity index (χ2n) is 3.44. The summed E-state index contributed by atoms with van der Waals surface area (Å²) in [6, 6.07) is 0.536. The maximum absolute atomic E-state index is 11.3. The quantitative estimate of drug-likeness (QED) is 0.651. The molecule has 0 aromatic rings. The zero-order valence-corrected chi connectivity index (χ0v) is 8.38. The highest BCUT2D eigenvalue weighted by molar-refractivity contribution is 5.76. The van der Waals surface area contributed by atoms with E-state index in [0.29, 0.717) is 12.6 Å². The molecule has 0 aromatic carbocycles. The molecule has 1 saturated carbocycles. The average molecular weight is 186 g/mol. The molecule has 1 aliphatic rings. The molecular formula is C9H18N2O2. The molecule has 0 aliphatic heterocycles. The number of carbonyl (C=O) groups excluding carboxylic acids is 1. The van der Waals surface area contributed by atoms with Gasteiger partial charge in [0.15, 0.2) is 0 Å². The third-order valence-electron chi connectivity index (χ3n) is 2.52. The van der Waals surface area contributed by atoms with Gasteiger partial charge in [-0.15, -0.1) is 0 Å². The zero-order chi connectivity index (χ0) is 9.68. The van der Waals surface area contributed by atoms with E-state index in [1.165, 1.54) is 37.9 Å². The number of carbonyl (C=O) groups is 1. The van der Waals surface area contributed by atoms with E-state index in [-0.39, 0.29) is 5.91 Å². The monoisotopic (exact) mass is 186 g/mol. The summed E-state index contributed by atoms with van der Waals surface area (Å²) in [5, 5.41) is 4.48. The van der Waals surface area contributed by atoms with Crippen LogP contribution in [-0.4, -0.2) is 37.7 Å². The molecule has 0 saturated heterocycles. The molecule has 1 aliphatic carbocycles. The van der Waals surface area contributed by atoms with Gasteiger partial charge in [-0.05, 0) is 12.8 Å². The summed E-state index contributed by atoms with van der Waals surface area (Å²) in [5.74, 6) is -0.0191. The van der Waals surface area contributed by atoms with Crippen LogP contribution in [0.1, 0.15) is 25.7 Å². The first-order chi connectivity index (χ1) is 6.24. The van der Waals surface area contributed by atoms with Crippen LogP contribution < -0.4 is 5.32 Å². The molecule has 0 heterocycles. The van der Waals surface area contributed by atoms with Crippen LogP contribution in [0.2, 0.25) is 0 Å². The maximum atomic E-state index is 11.3. The fourth-order valence-corrected chi connectivity index (χ4v) is 1.57. The number of hydrogen-bond donors (Lipinski definition) is 1. The van der Waals surface area contributed by atoms with Crippen molar-refractivity contribution in [2.75, 3.05) is 20.7 Å². The van der Waals surface area contributed by atoms with Gasteiger partial charge < -0.3 is 5.32 Å². The van der Waals surface area contributed by atoms with E-state index in [9.17, 15) is 4.79 Å². The zero-order valence-electron chi connectivity index (χ0n) is 8.38. The topological polar surface area (TPSA) is 41.6 Å². The van der Waals surface area contributed by atoms with Crippen molar-refractivity contribution in [2.45, 2.75) is 31.7 Å². The fraction of sp³-hybridized carbons (Fsp3) is 0.889. The van der Waals surface area contributed by atoms with Gasteiger partial charge in [0.1, 0.15) is 0 Å². The Labute approximate surface area is 79.2 Å². The smallest absolute Gasteiger partial charge is 0.259 e. The third kappa shape index (κ3) is 3.32. The van der Waals surface area contributed by atoms with E-state index in [2.05, 4.69) is 5.32 Å². The maximum Gasteiger partial charge on any atom is 0.259 e. The molecule has 1 fully saturated rings. The highest BCUT2D eigenvalue weighted by Crippen LogP contribution is 2.17.